The molecule has 0 saturated carbocycles. The molecule has 2 heterocycles. The number of carbonyl (C=O) groups is 1. The number of allylic oxidation sites excluding steroid dienone is 1. The Labute approximate surface area is 234 Å². The van der Waals surface area contributed by atoms with Crippen molar-refractivity contribution in [2.45, 2.75) is 32.9 Å². The number of para-hydroxylation sites is 1. The largest absolute Gasteiger partial charge is 0.497 e. The summed E-state index contributed by atoms with van der Waals surface area (Å²) in [5.41, 5.74) is 5.98. The predicted molar refractivity (Wildman–Crippen MR) is 162 cm³/mol. The van der Waals surface area contributed by atoms with Crippen molar-refractivity contribution in [1.82, 2.24) is 4.90 Å². The number of methoxy groups -OCH3 is 2. The van der Waals surface area contributed by atoms with E-state index in [1.165, 1.54) is 17.3 Å². The molecule has 0 unspecified atom stereocenters. The van der Waals surface area contributed by atoms with Crippen LogP contribution in [-0.2, 0) is 11.3 Å². The highest BCUT2D eigenvalue weighted by Gasteiger charge is 2.34. The molecule has 5 rings (SSSR count). The smallest absolute Gasteiger partial charge is 0.267 e. The van der Waals surface area contributed by atoms with Crippen LogP contribution >= 0.6 is 11.8 Å². The molecule has 1 fully saturated rings. The van der Waals surface area contributed by atoms with Crippen molar-refractivity contribution in [2.75, 3.05) is 26.2 Å². The van der Waals surface area contributed by atoms with E-state index in [4.69, 9.17) is 14.5 Å². The van der Waals surface area contributed by atoms with Crippen LogP contribution < -0.4 is 14.4 Å². The second-order valence-corrected chi connectivity index (χ2v) is 11.2. The molecule has 0 aromatic heterocycles. The lowest BCUT2D eigenvalue weighted by atomic mass is 9.88. The van der Waals surface area contributed by atoms with Crippen LogP contribution in [0.1, 0.15) is 37.5 Å². The zero-order valence-electron chi connectivity index (χ0n) is 23.2. The number of likely N-dealkylation sites (N-methyl/N-ethyl adjacent to an activating group) is 1. The van der Waals surface area contributed by atoms with Crippen molar-refractivity contribution in [3.8, 4) is 11.5 Å². The Morgan fingerprint density at radius 3 is 2.38 bits per heavy atom. The highest BCUT2D eigenvalue weighted by molar-refractivity contribution is 8.18. The minimum Gasteiger partial charge on any atom is -0.497 e. The Morgan fingerprint density at radius 2 is 1.72 bits per heavy atom. The molecule has 200 valence electrons. The number of hydrogen-bond donors (Lipinski definition) is 0. The summed E-state index contributed by atoms with van der Waals surface area (Å²) in [6, 6.07) is 21.6. The molecule has 3 aromatic carbocycles. The van der Waals surface area contributed by atoms with Crippen LogP contribution in [0.15, 0.2) is 82.7 Å². The van der Waals surface area contributed by atoms with E-state index in [2.05, 4.69) is 50.9 Å². The van der Waals surface area contributed by atoms with Crippen LogP contribution in [0.2, 0.25) is 0 Å². The fraction of sp³-hybridized carbons (Fsp3) is 0.250. The Morgan fingerprint density at radius 1 is 1.00 bits per heavy atom. The van der Waals surface area contributed by atoms with E-state index in [0.717, 1.165) is 39.6 Å². The van der Waals surface area contributed by atoms with Crippen LogP contribution in [0.3, 0.4) is 0 Å². The second-order valence-electron chi connectivity index (χ2n) is 10.2. The van der Waals surface area contributed by atoms with E-state index < -0.39 is 0 Å². The highest BCUT2D eigenvalue weighted by Crippen LogP contribution is 2.43. The van der Waals surface area contributed by atoms with Gasteiger partial charge in [-0.15, -0.1) is 0 Å². The molecule has 2 aliphatic rings. The lowest BCUT2D eigenvalue weighted by Gasteiger charge is -2.41. The summed E-state index contributed by atoms with van der Waals surface area (Å²) in [6.45, 7) is 6.93. The van der Waals surface area contributed by atoms with Gasteiger partial charge in [0.2, 0.25) is 0 Å². The number of carbonyl (C=O) groups excluding carboxylic acids is 1. The van der Waals surface area contributed by atoms with Gasteiger partial charge >= 0.3 is 0 Å². The van der Waals surface area contributed by atoms with E-state index in [9.17, 15) is 4.79 Å². The fourth-order valence-corrected chi connectivity index (χ4v) is 5.87. The fourth-order valence-electron chi connectivity index (χ4n) is 4.88. The van der Waals surface area contributed by atoms with Gasteiger partial charge in [-0.05, 0) is 80.1 Å². The Hall–Kier alpha value is -3.97. The molecule has 0 spiro atoms. The molecule has 1 saturated heterocycles. The summed E-state index contributed by atoms with van der Waals surface area (Å²) < 4.78 is 11.1. The second kappa shape index (κ2) is 10.7. The van der Waals surface area contributed by atoms with Crippen LogP contribution in [-0.4, -0.2) is 42.8 Å². The molecule has 7 heteroatoms. The van der Waals surface area contributed by atoms with Crippen molar-refractivity contribution in [3.05, 3.63) is 94.4 Å². The number of rotatable bonds is 6. The third-order valence-corrected chi connectivity index (χ3v) is 8.23. The van der Waals surface area contributed by atoms with E-state index in [0.29, 0.717) is 16.6 Å². The molecule has 39 heavy (non-hydrogen) atoms. The first-order chi connectivity index (χ1) is 18.7. The zero-order valence-corrected chi connectivity index (χ0v) is 24.0. The average molecular weight is 540 g/mol. The lowest BCUT2D eigenvalue weighted by Crippen LogP contribution is -2.42. The molecule has 0 atom stereocenters. The highest BCUT2D eigenvalue weighted by atomic mass is 32.2. The van der Waals surface area contributed by atoms with Gasteiger partial charge in [-0.25, -0.2) is 4.99 Å². The first-order valence-electron chi connectivity index (χ1n) is 12.8. The lowest BCUT2D eigenvalue weighted by molar-refractivity contribution is -0.122. The van der Waals surface area contributed by atoms with Crippen molar-refractivity contribution in [2.24, 2.45) is 4.99 Å². The topological polar surface area (TPSA) is 54.4 Å². The molecule has 0 bridgehead atoms. The van der Waals surface area contributed by atoms with Crippen LogP contribution in [0.25, 0.3) is 11.6 Å². The summed E-state index contributed by atoms with van der Waals surface area (Å²) >= 11 is 1.38. The number of anilines is 1. The summed E-state index contributed by atoms with van der Waals surface area (Å²) in [4.78, 5) is 23.2. The number of fused-ring (bicyclic) bond motifs is 1. The summed E-state index contributed by atoms with van der Waals surface area (Å²) in [5, 5.41) is 0.641. The quantitative estimate of drug-likeness (QED) is 0.312. The zero-order chi connectivity index (χ0) is 27.7. The van der Waals surface area contributed by atoms with Gasteiger partial charge in [-0.3, -0.25) is 9.69 Å². The minimum absolute atomic E-state index is 0.0872. The summed E-state index contributed by atoms with van der Waals surface area (Å²) in [6.07, 6.45) is 4.20. The number of thioether (sulfide) groups is 1. The van der Waals surface area contributed by atoms with Gasteiger partial charge in [-0.2, -0.15) is 0 Å². The van der Waals surface area contributed by atoms with Gasteiger partial charge in [0.1, 0.15) is 11.5 Å². The number of ether oxygens (including phenoxy) is 2. The monoisotopic (exact) mass is 539 g/mol. The number of nitrogens with zero attached hydrogens (tertiary/aromatic N) is 3. The third-order valence-electron chi connectivity index (χ3n) is 7.22. The van der Waals surface area contributed by atoms with Gasteiger partial charge in [0.05, 0.1) is 36.9 Å². The van der Waals surface area contributed by atoms with Gasteiger partial charge in [0, 0.05) is 29.9 Å². The molecule has 6 nitrogen and oxygen atoms in total. The molecule has 0 aliphatic carbocycles. The molecule has 1 amide bonds. The number of amides is 1. The Kier molecular flexibility index (Phi) is 7.28. The van der Waals surface area contributed by atoms with E-state index in [-0.39, 0.29) is 11.4 Å². The number of amidine groups is 1. The van der Waals surface area contributed by atoms with Gasteiger partial charge in [-0.1, -0.05) is 36.4 Å². The first-order valence-corrected chi connectivity index (χ1v) is 13.7. The average Bonchev–Trinajstić information content (AvgIpc) is 3.21. The van der Waals surface area contributed by atoms with Gasteiger partial charge < -0.3 is 14.4 Å². The SMILES string of the molecule is COc1ccc(CN2C(=O)/C(=C\c3cc4c(cc3OC)N(C)C(C)(C)C=C4C)SC2=Nc2ccccc2)cc1. The molecule has 3 aromatic rings. The van der Waals surface area contributed by atoms with Crippen molar-refractivity contribution in [1.29, 1.82) is 0 Å². The van der Waals surface area contributed by atoms with Crippen molar-refractivity contribution >= 4 is 45.9 Å². The van der Waals surface area contributed by atoms with Gasteiger partial charge in [0.25, 0.3) is 5.91 Å². The molecule has 0 N–H and O–H groups in total. The Bertz CT molecular complexity index is 1490. The number of benzene rings is 3. The van der Waals surface area contributed by atoms with E-state index >= 15 is 0 Å². The maximum Gasteiger partial charge on any atom is 0.267 e. The molecule has 2 aliphatic heterocycles. The maximum atomic E-state index is 13.8. The summed E-state index contributed by atoms with van der Waals surface area (Å²) in [5.74, 6) is 1.41. The maximum absolute atomic E-state index is 13.8. The predicted octanol–water partition coefficient (Wildman–Crippen LogP) is 7.14. The summed E-state index contributed by atoms with van der Waals surface area (Å²) in [7, 11) is 5.41. The number of aliphatic imine (C=N–C) groups is 1. The van der Waals surface area contributed by atoms with Crippen LogP contribution in [0, 0.1) is 0 Å². The van der Waals surface area contributed by atoms with Gasteiger partial charge in [0.15, 0.2) is 5.17 Å². The van der Waals surface area contributed by atoms with E-state index in [1.807, 2.05) is 60.7 Å². The van der Waals surface area contributed by atoms with Crippen LogP contribution in [0.4, 0.5) is 11.4 Å². The molecular weight excluding hydrogens is 506 g/mol. The van der Waals surface area contributed by atoms with E-state index in [1.54, 1.807) is 19.1 Å². The van der Waals surface area contributed by atoms with Crippen LogP contribution in [0.5, 0.6) is 11.5 Å². The molecule has 0 radical (unpaired) electrons. The Balaban J connectivity index is 1.55. The first kappa shape index (κ1) is 26.6. The van der Waals surface area contributed by atoms with Crippen molar-refractivity contribution in [3.63, 3.8) is 0 Å². The minimum atomic E-state index is -0.107. The number of hydrogen-bond acceptors (Lipinski definition) is 6. The normalized spacial score (nSPS) is 18.4. The van der Waals surface area contributed by atoms with Crippen molar-refractivity contribution < 1.29 is 14.3 Å². The molecular formula is C32H33N3O3S. The third kappa shape index (κ3) is 5.32. The standard InChI is InChI=1S/C32H33N3O3S/c1-21-19-32(2,3)34(4)27-18-28(38-6)23(16-26(21)27)17-29-30(36)35(20-22-12-14-25(37-5)15-13-22)31(39-29)33-24-10-8-7-9-11-24/h7-19H,20H2,1-6H3/b29-17+,33-31?.